The van der Waals surface area contributed by atoms with Gasteiger partial charge in [-0.15, -0.1) is 0 Å². The smallest absolute Gasteiger partial charge is 0.289 e. The molecule has 4 nitrogen and oxygen atoms in total. The summed E-state index contributed by atoms with van der Waals surface area (Å²) in [7, 11) is -3.43. The Bertz CT molecular complexity index is 901. The van der Waals surface area contributed by atoms with E-state index in [1.54, 1.807) is 0 Å². The lowest BCUT2D eigenvalue weighted by Gasteiger charge is -2.09. The van der Waals surface area contributed by atoms with Crippen LogP contribution in [0.25, 0.3) is 6.08 Å². The van der Waals surface area contributed by atoms with Gasteiger partial charge in [-0.25, -0.2) is 8.42 Å². The number of hydrogen-bond acceptors (Lipinski definition) is 3. The molecule has 2 rings (SSSR count). The van der Waals surface area contributed by atoms with Crippen molar-refractivity contribution in [1.82, 2.24) is 0 Å². The Morgan fingerprint density at radius 2 is 1.64 bits per heavy atom. The maximum atomic E-state index is 12.9. The third kappa shape index (κ3) is 5.46. The summed E-state index contributed by atoms with van der Waals surface area (Å²) in [6, 6.07) is 10.5. The molecule has 0 unspecified atom stereocenters. The predicted molar refractivity (Wildman–Crippen MR) is 89.7 cm³/mol. The minimum Gasteiger partial charge on any atom is -0.289 e. The van der Waals surface area contributed by atoms with Crippen molar-refractivity contribution >= 4 is 27.6 Å². The number of alkyl halides is 3. The molecule has 0 aliphatic heterocycles. The normalized spacial score (nSPS) is 12.3. The van der Waals surface area contributed by atoms with E-state index in [-0.39, 0.29) is 16.8 Å². The standard InChI is InChI=1S/C17H14F3NO3S/c1-25(23,24)21-14-9-6-13(7-10-14)16(22)11-8-12-4-2-3-5-15(12)17(18,19)20/h2-11,21H,1H3/b11-8+. The number of hydrogen-bond donors (Lipinski definition) is 1. The third-order valence-electron chi connectivity index (χ3n) is 3.15. The summed E-state index contributed by atoms with van der Waals surface area (Å²) >= 11 is 0. The van der Waals surface area contributed by atoms with E-state index in [4.69, 9.17) is 0 Å². The van der Waals surface area contributed by atoms with Gasteiger partial charge in [-0.05, 0) is 42.0 Å². The van der Waals surface area contributed by atoms with E-state index in [1.807, 2.05) is 0 Å². The first-order valence-electron chi connectivity index (χ1n) is 7.03. The van der Waals surface area contributed by atoms with Crippen LogP contribution in [-0.2, 0) is 16.2 Å². The first-order chi connectivity index (χ1) is 11.6. The summed E-state index contributed by atoms with van der Waals surface area (Å²) in [5.74, 6) is -0.497. The fourth-order valence-corrected chi connectivity index (χ4v) is 2.64. The number of halogens is 3. The number of nitrogens with one attached hydrogen (secondary N) is 1. The van der Waals surface area contributed by atoms with Crippen LogP contribution in [0.2, 0.25) is 0 Å². The van der Waals surface area contributed by atoms with Gasteiger partial charge in [0.2, 0.25) is 10.0 Å². The van der Waals surface area contributed by atoms with Crippen molar-refractivity contribution in [3.63, 3.8) is 0 Å². The molecule has 2 aromatic rings. The van der Waals surface area contributed by atoms with Crippen molar-refractivity contribution < 1.29 is 26.4 Å². The SMILES string of the molecule is CS(=O)(=O)Nc1ccc(C(=O)/C=C/c2ccccc2C(F)(F)F)cc1. The molecular weight excluding hydrogens is 355 g/mol. The second kappa shape index (κ2) is 7.10. The van der Waals surface area contributed by atoms with E-state index in [0.717, 1.165) is 24.5 Å². The number of anilines is 1. The van der Waals surface area contributed by atoms with Gasteiger partial charge >= 0.3 is 6.18 Å². The van der Waals surface area contributed by atoms with Crippen LogP contribution in [0.4, 0.5) is 18.9 Å². The van der Waals surface area contributed by atoms with Crippen molar-refractivity contribution in [2.45, 2.75) is 6.18 Å². The number of sulfonamides is 1. The molecule has 0 atom stereocenters. The molecular formula is C17H14F3NO3S. The lowest BCUT2D eigenvalue weighted by atomic mass is 10.0. The van der Waals surface area contributed by atoms with Crippen molar-refractivity contribution in [2.75, 3.05) is 11.0 Å². The molecule has 0 aromatic heterocycles. The molecule has 25 heavy (non-hydrogen) atoms. The van der Waals surface area contributed by atoms with Crippen LogP contribution >= 0.6 is 0 Å². The number of rotatable bonds is 5. The van der Waals surface area contributed by atoms with Gasteiger partial charge in [0.15, 0.2) is 5.78 Å². The van der Waals surface area contributed by atoms with E-state index in [9.17, 15) is 26.4 Å². The van der Waals surface area contributed by atoms with Gasteiger partial charge in [-0.1, -0.05) is 24.3 Å². The molecule has 0 bridgehead atoms. The number of ketones is 1. The summed E-state index contributed by atoms with van der Waals surface area (Å²) < 4.78 is 63.2. The summed E-state index contributed by atoms with van der Waals surface area (Å²) in [4.78, 5) is 12.1. The topological polar surface area (TPSA) is 63.2 Å². The van der Waals surface area contributed by atoms with Crippen LogP contribution in [-0.4, -0.2) is 20.5 Å². The Labute approximate surface area is 143 Å². The minimum absolute atomic E-state index is 0.112. The van der Waals surface area contributed by atoms with Crippen LogP contribution in [0.15, 0.2) is 54.6 Å². The van der Waals surface area contributed by atoms with Crippen molar-refractivity contribution in [3.05, 3.63) is 71.3 Å². The highest BCUT2D eigenvalue weighted by Gasteiger charge is 2.32. The molecule has 0 amide bonds. The molecule has 0 fully saturated rings. The van der Waals surface area contributed by atoms with E-state index < -0.39 is 27.5 Å². The third-order valence-corrected chi connectivity index (χ3v) is 3.76. The first-order valence-corrected chi connectivity index (χ1v) is 8.92. The monoisotopic (exact) mass is 369 g/mol. The van der Waals surface area contributed by atoms with Crippen LogP contribution < -0.4 is 4.72 Å². The van der Waals surface area contributed by atoms with E-state index in [2.05, 4.69) is 4.72 Å². The van der Waals surface area contributed by atoms with Crippen molar-refractivity contribution in [3.8, 4) is 0 Å². The molecule has 132 valence electrons. The molecule has 8 heteroatoms. The molecule has 1 N–H and O–H groups in total. The quantitative estimate of drug-likeness (QED) is 0.641. The molecule has 0 aliphatic rings. The van der Waals surface area contributed by atoms with Gasteiger partial charge in [-0.3, -0.25) is 9.52 Å². The Kier molecular flexibility index (Phi) is 5.32. The van der Waals surface area contributed by atoms with Crippen LogP contribution in [0.1, 0.15) is 21.5 Å². The molecule has 0 saturated carbocycles. The lowest BCUT2D eigenvalue weighted by Crippen LogP contribution is -2.09. The fourth-order valence-electron chi connectivity index (χ4n) is 2.08. The number of allylic oxidation sites excluding steroid dienone is 1. The van der Waals surface area contributed by atoms with Crippen LogP contribution in [0.5, 0.6) is 0 Å². The molecule has 0 heterocycles. The second-order valence-electron chi connectivity index (χ2n) is 5.23. The molecule has 0 aliphatic carbocycles. The zero-order valence-electron chi connectivity index (χ0n) is 13.0. The van der Waals surface area contributed by atoms with Gasteiger partial charge in [0.25, 0.3) is 0 Å². The van der Waals surface area contributed by atoms with E-state index in [1.165, 1.54) is 42.5 Å². The summed E-state index contributed by atoms with van der Waals surface area (Å²) in [5, 5.41) is 0. The Hall–Kier alpha value is -2.61. The van der Waals surface area contributed by atoms with Crippen molar-refractivity contribution in [1.29, 1.82) is 0 Å². The van der Waals surface area contributed by atoms with Gasteiger partial charge < -0.3 is 0 Å². The van der Waals surface area contributed by atoms with Gasteiger partial charge in [0.05, 0.1) is 11.8 Å². The first kappa shape index (κ1) is 18.7. The van der Waals surface area contributed by atoms with Gasteiger partial charge in [-0.2, -0.15) is 13.2 Å². The average Bonchev–Trinajstić information content (AvgIpc) is 2.51. The van der Waals surface area contributed by atoms with Crippen LogP contribution in [0, 0.1) is 0 Å². The number of carbonyl (C=O) groups excluding carboxylic acids is 1. The van der Waals surface area contributed by atoms with Crippen LogP contribution in [0.3, 0.4) is 0 Å². The second-order valence-corrected chi connectivity index (χ2v) is 6.98. The highest BCUT2D eigenvalue weighted by atomic mass is 32.2. The summed E-state index contributed by atoms with van der Waals surface area (Å²) in [6.45, 7) is 0. The average molecular weight is 369 g/mol. The Morgan fingerprint density at radius 3 is 2.20 bits per heavy atom. The highest BCUT2D eigenvalue weighted by Crippen LogP contribution is 2.32. The lowest BCUT2D eigenvalue weighted by molar-refractivity contribution is -0.137. The maximum Gasteiger partial charge on any atom is 0.416 e. The zero-order valence-corrected chi connectivity index (χ0v) is 13.9. The zero-order chi connectivity index (χ0) is 18.7. The molecule has 2 aromatic carbocycles. The molecule has 0 saturated heterocycles. The van der Waals surface area contributed by atoms with Crippen molar-refractivity contribution in [2.24, 2.45) is 0 Å². The predicted octanol–water partition coefficient (Wildman–Crippen LogP) is 3.97. The fraction of sp³-hybridized carbons (Fsp3) is 0.118. The Morgan fingerprint density at radius 1 is 1.04 bits per heavy atom. The van der Waals surface area contributed by atoms with E-state index >= 15 is 0 Å². The Balaban J connectivity index is 2.19. The largest absolute Gasteiger partial charge is 0.416 e. The number of benzene rings is 2. The highest BCUT2D eigenvalue weighted by molar-refractivity contribution is 7.92. The molecule has 0 radical (unpaired) electrons. The number of carbonyl (C=O) groups is 1. The summed E-state index contributed by atoms with van der Waals surface area (Å²) in [6.07, 6.45) is -1.37. The maximum absolute atomic E-state index is 12.9. The van der Waals surface area contributed by atoms with E-state index in [0.29, 0.717) is 0 Å². The minimum atomic E-state index is -4.51. The molecule has 0 spiro atoms. The van der Waals surface area contributed by atoms with Gasteiger partial charge in [0, 0.05) is 11.3 Å². The summed E-state index contributed by atoms with van der Waals surface area (Å²) in [5.41, 5.74) is -0.435. The van der Waals surface area contributed by atoms with Gasteiger partial charge in [0.1, 0.15) is 0 Å².